The Kier molecular flexibility index (Phi) is 4.16. The lowest BCUT2D eigenvalue weighted by molar-refractivity contribution is -0.127. The van der Waals surface area contributed by atoms with E-state index in [0.29, 0.717) is 29.5 Å². The highest BCUT2D eigenvalue weighted by molar-refractivity contribution is 6.00. The topological polar surface area (TPSA) is 81.0 Å². The molecule has 7 nitrogen and oxygen atoms in total. The fourth-order valence-corrected chi connectivity index (χ4v) is 3.80. The number of rotatable bonds is 4. The molecule has 1 aromatic heterocycles. The fraction of sp³-hybridized carbons (Fsp3) is 0.273. The van der Waals surface area contributed by atoms with Crippen molar-refractivity contribution in [2.45, 2.75) is 19.4 Å². The van der Waals surface area contributed by atoms with E-state index in [9.17, 15) is 9.59 Å². The van der Waals surface area contributed by atoms with Crippen molar-refractivity contribution in [2.24, 2.45) is 5.92 Å². The summed E-state index contributed by atoms with van der Waals surface area (Å²) < 4.78 is 16.5. The molecule has 3 heterocycles. The Hall–Kier alpha value is -3.48. The number of para-hydroxylation sites is 1. The van der Waals surface area contributed by atoms with Crippen LogP contribution in [0.4, 0.5) is 5.69 Å². The number of hydrogen-bond donors (Lipinski definition) is 1. The second kappa shape index (κ2) is 6.84. The monoisotopic (exact) mass is 392 g/mol. The van der Waals surface area contributed by atoms with Gasteiger partial charge in [0.15, 0.2) is 11.5 Å². The Balaban J connectivity index is 1.27. The molecule has 2 aliphatic heterocycles. The van der Waals surface area contributed by atoms with Crippen LogP contribution in [0.3, 0.4) is 0 Å². The first-order valence-electron chi connectivity index (χ1n) is 9.57. The lowest BCUT2D eigenvalue weighted by Gasteiger charge is -2.18. The van der Waals surface area contributed by atoms with Gasteiger partial charge in [-0.25, -0.2) is 0 Å². The highest BCUT2D eigenvalue weighted by Crippen LogP contribution is 2.37. The largest absolute Gasteiger partial charge is 0.459 e. The summed E-state index contributed by atoms with van der Waals surface area (Å²) in [6, 6.07) is 14.7. The molecule has 0 spiro atoms. The van der Waals surface area contributed by atoms with Crippen molar-refractivity contribution in [2.75, 3.05) is 18.2 Å². The molecule has 3 aromatic rings. The Morgan fingerprint density at radius 3 is 2.83 bits per heavy atom. The number of nitrogens with zero attached hydrogens (tertiary/aromatic N) is 1. The van der Waals surface area contributed by atoms with E-state index in [1.807, 2.05) is 43.3 Å². The minimum Gasteiger partial charge on any atom is -0.459 e. The van der Waals surface area contributed by atoms with E-state index in [1.54, 1.807) is 17.0 Å². The Bertz CT molecular complexity index is 1070. The third-order valence-electron chi connectivity index (χ3n) is 5.39. The summed E-state index contributed by atoms with van der Waals surface area (Å²) in [4.78, 5) is 26.9. The average Bonchev–Trinajstić information content (AvgIpc) is 3.44. The van der Waals surface area contributed by atoms with E-state index in [-0.39, 0.29) is 31.1 Å². The van der Waals surface area contributed by atoms with Crippen LogP contribution in [0.5, 0.6) is 11.5 Å². The Labute approximate surface area is 167 Å². The summed E-state index contributed by atoms with van der Waals surface area (Å²) >= 11 is 0. The summed E-state index contributed by atoms with van der Waals surface area (Å²) in [5, 5.41) is 3.97. The third-order valence-corrected chi connectivity index (χ3v) is 5.39. The summed E-state index contributed by atoms with van der Waals surface area (Å²) in [6.45, 7) is 2.39. The predicted molar refractivity (Wildman–Crippen MR) is 106 cm³/mol. The van der Waals surface area contributed by atoms with Crippen molar-refractivity contribution in [1.82, 2.24) is 5.32 Å². The maximum Gasteiger partial charge on any atom is 0.231 e. The van der Waals surface area contributed by atoms with Gasteiger partial charge in [-0.05, 0) is 31.2 Å². The van der Waals surface area contributed by atoms with E-state index in [2.05, 4.69) is 5.32 Å². The van der Waals surface area contributed by atoms with E-state index < -0.39 is 5.92 Å². The summed E-state index contributed by atoms with van der Waals surface area (Å²) in [7, 11) is 0. The molecule has 0 radical (unpaired) electrons. The SMILES string of the molecule is C[C@@H](NC(=O)[C@H]1CC(=O)N(c2ccc3c(c2)OCO3)C1)c1cc2ccccc2o1. The molecule has 2 aromatic carbocycles. The van der Waals surface area contributed by atoms with Gasteiger partial charge in [0.1, 0.15) is 11.3 Å². The molecule has 2 aliphatic rings. The first-order valence-corrected chi connectivity index (χ1v) is 9.57. The normalized spacial score (nSPS) is 19.0. The van der Waals surface area contributed by atoms with Gasteiger partial charge in [0.05, 0.1) is 12.0 Å². The third kappa shape index (κ3) is 3.18. The number of amides is 2. The van der Waals surface area contributed by atoms with Gasteiger partial charge in [0.25, 0.3) is 0 Å². The Morgan fingerprint density at radius 1 is 1.14 bits per heavy atom. The van der Waals surface area contributed by atoms with Crippen LogP contribution in [0, 0.1) is 5.92 Å². The van der Waals surface area contributed by atoms with Crippen molar-refractivity contribution >= 4 is 28.5 Å². The van der Waals surface area contributed by atoms with Gasteiger partial charge in [-0.2, -0.15) is 0 Å². The smallest absolute Gasteiger partial charge is 0.231 e. The molecule has 2 atom stereocenters. The predicted octanol–water partition coefficient (Wildman–Crippen LogP) is 3.39. The number of ether oxygens (including phenoxy) is 2. The summed E-state index contributed by atoms with van der Waals surface area (Å²) in [5.41, 5.74) is 1.49. The number of benzene rings is 2. The summed E-state index contributed by atoms with van der Waals surface area (Å²) in [5.74, 6) is 1.31. The zero-order valence-electron chi connectivity index (χ0n) is 15.9. The molecule has 29 heavy (non-hydrogen) atoms. The maximum atomic E-state index is 12.8. The van der Waals surface area contributed by atoms with Crippen LogP contribution in [-0.4, -0.2) is 25.2 Å². The molecule has 1 saturated heterocycles. The van der Waals surface area contributed by atoms with Crippen LogP contribution < -0.4 is 19.7 Å². The molecule has 0 saturated carbocycles. The zero-order chi connectivity index (χ0) is 20.0. The number of furan rings is 1. The number of nitrogens with one attached hydrogen (secondary N) is 1. The Morgan fingerprint density at radius 2 is 1.97 bits per heavy atom. The van der Waals surface area contributed by atoms with Crippen LogP contribution in [0.1, 0.15) is 25.1 Å². The average molecular weight is 392 g/mol. The van der Waals surface area contributed by atoms with Gasteiger partial charge in [-0.15, -0.1) is 0 Å². The molecule has 7 heteroatoms. The lowest BCUT2D eigenvalue weighted by Crippen LogP contribution is -2.34. The van der Waals surface area contributed by atoms with Crippen molar-refractivity contribution in [3.05, 3.63) is 54.3 Å². The molecule has 1 N–H and O–H groups in total. The van der Waals surface area contributed by atoms with E-state index in [0.717, 1.165) is 11.0 Å². The van der Waals surface area contributed by atoms with Gasteiger partial charge >= 0.3 is 0 Å². The second-order valence-corrected chi connectivity index (χ2v) is 7.36. The first-order chi connectivity index (χ1) is 14.1. The van der Waals surface area contributed by atoms with Gasteiger partial charge in [-0.1, -0.05) is 18.2 Å². The van der Waals surface area contributed by atoms with Gasteiger partial charge in [0.2, 0.25) is 18.6 Å². The molecule has 148 valence electrons. The van der Waals surface area contributed by atoms with E-state index in [1.165, 1.54) is 0 Å². The van der Waals surface area contributed by atoms with E-state index in [4.69, 9.17) is 13.9 Å². The second-order valence-electron chi connectivity index (χ2n) is 7.36. The molecular formula is C22H20N2O5. The van der Waals surface area contributed by atoms with Crippen molar-refractivity contribution in [3.8, 4) is 11.5 Å². The first kappa shape index (κ1) is 17.6. The molecule has 1 fully saturated rings. The number of anilines is 1. The molecule has 0 unspecified atom stereocenters. The van der Waals surface area contributed by atoms with Gasteiger partial charge < -0.3 is 24.1 Å². The minimum atomic E-state index is -0.417. The standard InChI is InChI=1S/C22H20N2O5/c1-13(19-8-14-4-2-3-5-17(14)29-19)23-22(26)15-9-21(25)24(11-15)16-6-7-18-20(10-16)28-12-27-18/h2-8,10,13,15H,9,11-12H2,1H3,(H,23,26)/t13-,15+/m1/s1. The minimum absolute atomic E-state index is 0.0830. The quantitative estimate of drug-likeness (QED) is 0.736. The zero-order valence-corrected chi connectivity index (χ0v) is 15.9. The number of carbonyl (C=O) groups excluding carboxylic acids is 2. The molecule has 5 rings (SSSR count). The van der Waals surface area contributed by atoms with Crippen LogP contribution in [0.15, 0.2) is 52.9 Å². The fourth-order valence-electron chi connectivity index (χ4n) is 3.80. The van der Waals surface area contributed by atoms with Crippen molar-refractivity contribution in [1.29, 1.82) is 0 Å². The van der Waals surface area contributed by atoms with Crippen molar-refractivity contribution in [3.63, 3.8) is 0 Å². The summed E-state index contributed by atoms with van der Waals surface area (Å²) in [6.07, 6.45) is 0.174. The molecule has 2 amide bonds. The van der Waals surface area contributed by atoms with Crippen LogP contribution in [-0.2, 0) is 9.59 Å². The number of carbonyl (C=O) groups is 2. The lowest BCUT2D eigenvalue weighted by atomic mass is 10.1. The van der Waals surface area contributed by atoms with Crippen LogP contribution in [0.2, 0.25) is 0 Å². The highest BCUT2D eigenvalue weighted by atomic mass is 16.7. The highest BCUT2D eigenvalue weighted by Gasteiger charge is 2.36. The number of fused-ring (bicyclic) bond motifs is 2. The molecular weight excluding hydrogens is 372 g/mol. The van der Waals surface area contributed by atoms with Crippen LogP contribution >= 0.6 is 0 Å². The maximum absolute atomic E-state index is 12.8. The number of hydrogen-bond acceptors (Lipinski definition) is 5. The molecule has 0 bridgehead atoms. The van der Waals surface area contributed by atoms with E-state index >= 15 is 0 Å². The van der Waals surface area contributed by atoms with Crippen LogP contribution in [0.25, 0.3) is 11.0 Å². The van der Waals surface area contributed by atoms with Gasteiger partial charge in [0, 0.05) is 30.1 Å². The van der Waals surface area contributed by atoms with Gasteiger partial charge in [-0.3, -0.25) is 9.59 Å². The van der Waals surface area contributed by atoms with Crippen molar-refractivity contribution < 1.29 is 23.5 Å². The molecule has 0 aliphatic carbocycles.